The summed E-state index contributed by atoms with van der Waals surface area (Å²) in [6.45, 7) is 0. The minimum atomic E-state index is -2.97. The Morgan fingerprint density at radius 3 is 2.88 bits per heavy atom. The van der Waals surface area contributed by atoms with Crippen molar-refractivity contribution in [3.63, 3.8) is 0 Å². The molecule has 1 unspecified atom stereocenters. The van der Waals surface area contributed by atoms with Gasteiger partial charge in [-0.2, -0.15) is 0 Å². The maximum Gasteiger partial charge on any atom is 0.152 e. The van der Waals surface area contributed by atoms with Crippen LogP contribution < -0.4 is 5.73 Å². The predicted molar refractivity (Wildman–Crippen MR) is 63.1 cm³/mol. The number of pyridine rings is 1. The van der Waals surface area contributed by atoms with E-state index in [1.807, 2.05) is 0 Å². The smallest absolute Gasteiger partial charge is 0.152 e. The molecule has 2 N–H and O–H groups in total. The van der Waals surface area contributed by atoms with Gasteiger partial charge in [0.05, 0.1) is 16.5 Å². The lowest BCUT2D eigenvalue weighted by Crippen LogP contribution is -2.43. The summed E-state index contributed by atoms with van der Waals surface area (Å²) in [5.41, 5.74) is 6.26. The molecule has 1 aliphatic rings. The fourth-order valence-corrected chi connectivity index (χ4v) is 4.18. The number of nitrogens with two attached hydrogens (primary N) is 1. The van der Waals surface area contributed by atoms with Crippen molar-refractivity contribution in [3.8, 4) is 0 Å². The van der Waals surface area contributed by atoms with E-state index in [2.05, 4.69) is 4.98 Å². The highest BCUT2D eigenvalue weighted by molar-refractivity contribution is 7.91. The summed E-state index contributed by atoms with van der Waals surface area (Å²) in [7, 11) is -2.97. The van der Waals surface area contributed by atoms with Crippen molar-refractivity contribution < 1.29 is 8.42 Å². The third-order valence-corrected chi connectivity index (χ3v) is 5.00. The summed E-state index contributed by atoms with van der Waals surface area (Å²) in [5.74, 6) is 0.213. The van der Waals surface area contributed by atoms with Crippen molar-refractivity contribution >= 4 is 21.4 Å². The first-order valence-electron chi connectivity index (χ1n) is 4.98. The van der Waals surface area contributed by atoms with Gasteiger partial charge in [0.2, 0.25) is 0 Å². The van der Waals surface area contributed by atoms with Gasteiger partial charge in [-0.1, -0.05) is 11.6 Å². The molecule has 4 nitrogen and oxygen atoms in total. The van der Waals surface area contributed by atoms with E-state index < -0.39 is 15.4 Å². The van der Waals surface area contributed by atoms with Gasteiger partial charge in [0.1, 0.15) is 0 Å². The second-order valence-electron chi connectivity index (χ2n) is 4.35. The average Bonchev–Trinajstić information content (AvgIpc) is 2.45. The number of halogens is 1. The molecule has 2 heterocycles. The number of sulfone groups is 1. The Morgan fingerprint density at radius 2 is 2.31 bits per heavy atom. The van der Waals surface area contributed by atoms with E-state index in [9.17, 15) is 8.42 Å². The van der Waals surface area contributed by atoms with E-state index in [1.54, 1.807) is 18.5 Å². The molecule has 1 atom stereocenters. The van der Waals surface area contributed by atoms with Crippen LogP contribution in [0.1, 0.15) is 12.0 Å². The van der Waals surface area contributed by atoms with Crippen LogP contribution in [0.25, 0.3) is 0 Å². The fraction of sp³-hybridized carbons (Fsp3) is 0.500. The van der Waals surface area contributed by atoms with Gasteiger partial charge in [0.15, 0.2) is 9.84 Å². The minimum Gasteiger partial charge on any atom is -0.324 e. The highest BCUT2D eigenvalue weighted by atomic mass is 35.5. The van der Waals surface area contributed by atoms with Gasteiger partial charge in [-0.3, -0.25) is 4.98 Å². The van der Waals surface area contributed by atoms with Crippen molar-refractivity contribution in [1.29, 1.82) is 0 Å². The number of rotatable bonds is 2. The van der Waals surface area contributed by atoms with Crippen LogP contribution in [-0.4, -0.2) is 30.4 Å². The first-order valence-corrected chi connectivity index (χ1v) is 7.18. The minimum absolute atomic E-state index is 0.0403. The molecule has 1 saturated heterocycles. The molecular formula is C10H13ClN2O2S. The maximum absolute atomic E-state index is 11.4. The van der Waals surface area contributed by atoms with Gasteiger partial charge in [0, 0.05) is 17.9 Å². The number of aromatic nitrogens is 1. The van der Waals surface area contributed by atoms with E-state index in [0.29, 0.717) is 17.9 Å². The molecule has 0 radical (unpaired) electrons. The largest absolute Gasteiger partial charge is 0.324 e. The molecule has 1 fully saturated rings. The molecule has 88 valence electrons. The molecule has 16 heavy (non-hydrogen) atoms. The van der Waals surface area contributed by atoms with Crippen LogP contribution in [-0.2, 0) is 16.3 Å². The zero-order valence-corrected chi connectivity index (χ0v) is 10.3. The summed E-state index contributed by atoms with van der Waals surface area (Å²) < 4.78 is 22.8. The normalized spacial score (nSPS) is 28.1. The van der Waals surface area contributed by atoms with Crippen molar-refractivity contribution in [1.82, 2.24) is 4.98 Å². The topological polar surface area (TPSA) is 73.0 Å². The molecule has 1 aliphatic heterocycles. The Balaban J connectivity index is 2.20. The fourth-order valence-electron chi connectivity index (χ4n) is 2.01. The van der Waals surface area contributed by atoms with Gasteiger partial charge in [0.25, 0.3) is 0 Å². The van der Waals surface area contributed by atoms with E-state index >= 15 is 0 Å². The van der Waals surface area contributed by atoms with Crippen LogP contribution >= 0.6 is 11.6 Å². The average molecular weight is 261 g/mol. The van der Waals surface area contributed by atoms with Gasteiger partial charge >= 0.3 is 0 Å². The molecule has 2 rings (SSSR count). The van der Waals surface area contributed by atoms with Crippen LogP contribution in [0.3, 0.4) is 0 Å². The van der Waals surface area contributed by atoms with Crippen molar-refractivity contribution in [2.24, 2.45) is 5.73 Å². The number of hydrogen-bond acceptors (Lipinski definition) is 4. The van der Waals surface area contributed by atoms with Crippen molar-refractivity contribution in [2.45, 2.75) is 18.4 Å². The van der Waals surface area contributed by atoms with Gasteiger partial charge in [-0.05, 0) is 24.5 Å². The van der Waals surface area contributed by atoms with Crippen LogP contribution in [0.15, 0.2) is 18.5 Å². The van der Waals surface area contributed by atoms with E-state index in [0.717, 1.165) is 5.56 Å². The molecule has 0 aromatic carbocycles. The number of hydrogen-bond donors (Lipinski definition) is 1. The predicted octanol–water partition coefficient (Wildman–Crippen LogP) is 0.794. The van der Waals surface area contributed by atoms with Crippen LogP contribution in [0.4, 0.5) is 0 Å². The monoisotopic (exact) mass is 260 g/mol. The molecule has 6 heteroatoms. The summed E-state index contributed by atoms with van der Waals surface area (Å²) in [5, 5.41) is 0.539. The summed E-state index contributed by atoms with van der Waals surface area (Å²) >= 11 is 5.97. The second-order valence-corrected chi connectivity index (χ2v) is 6.94. The third kappa shape index (κ3) is 2.53. The highest BCUT2D eigenvalue weighted by Crippen LogP contribution is 2.27. The Kier molecular flexibility index (Phi) is 2.94. The first kappa shape index (κ1) is 11.8. The molecule has 0 bridgehead atoms. The van der Waals surface area contributed by atoms with E-state index in [-0.39, 0.29) is 11.5 Å². The van der Waals surface area contributed by atoms with Crippen LogP contribution in [0, 0.1) is 0 Å². The highest BCUT2D eigenvalue weighted by Gasteiger charge is 2.39. The zero-order valence-electron chi connectivity index (χ0n) is 8.69. The van der Waals surface area contributed by atoms with Crippen LogP contribution in [0.2, 0.25) is 5.02 Å². The molecule has 1 aromatic rings. The van der Waals surface area contributed by atoms with Crippen molar-refractivity contribution in [3.05, 3.63) is 29.0 Å². The van der Waals surface area contributed by atoms with Gasteiger partial charge < -0.3 is 5.73 Å². The lowest BCUT2D eigenvalue weighted by molar-refractivity contribution is 0.476. The Morgan fingerprint density at radius 1 is 1.56 bits per heavy atom. The first-order chi connectivity index (χ1) is 7.40. The van der Waals surface area contributed by atoms with E-state index in [1.165, 1.54) is 0 Å². The lowest BCUT2D eigenvalue weighted by atomic mass is 9.92. The Labute approximate surface area is 99.7 Å². The summed E-state index contributed by atoms with van der Waals surface area (Å²) in [6, 6.07) is 1.78. The van der Waals surface area contributed by atoms with E-state index in [4.69, 9.17) is 17.3 Å². The Hall–Kier alpha value is -0.650. The molecule has 0 aliphatic carbocycles. The molecular weight excluding hydrogens is 248 g/mol. The Bertz CT molecular complexity index is 503. The number of nitrogens with zero attached hydrogens (tertiary/aromatic N) is 1. The molecule has 0 spiro atoms. The SMILES string of the molecule is NC1(Cc2ccncc2Cl)CCS(=O)(=O)C1. The summed E-state index contributed by atoms with van der Waals surface area (Å²) in [6.07, 6.45) is 4.15. The van der Waals surface area contributed by atoms with Gasteiger partial charge in [-0.15, -0.1) is 0 Å². The van der Waals surface area contributed by atoms with Gasteiger partial charge in [-0.25, -0.2) is 8.42 Å². The molecule has 0 saturated carbocycles. The molecule has 0 amide bonds. The summed E-state index contributed by atoms with van der Waals surface area (Å²) in [4.78, 5) is 3.88. The van der Waals surface area contributed by atoms with Crippen LogP contribution in [0.5, 0.6) is 0 Å². The quantitative estimate of drug-likeness (QED) is 0.853. The zero-order chi connectivity index (χ0) is 11.8. The van der Waals surface area contributed by atoms with Crippen molar-refractivity contribution in [2.75, 3.05) is 11.5 Å². The lowest BCUT2D eigenvalue weighted by Gasteiger charge is -2.22. The second kappa shape index (κ2) is 3.98. The molecule has 1 aromatic heterocycles. The maximum atomic E-state index is 11.4. The third-order valence-electron chi connectivity index (χ3n) is 2.82. The standard InChI is InChI=1S/C10H13ClN2O2S/c11-9-6-13-3-1-8(9)5-10(12)2-4-16(14,15)7-10/h1,3,6H,2,4-5,7,12H2.